The van der Waals surface area contributed by atoms with E-state index in [1.54, 1.807) is 29.2 Å². The normalized spacial score (nSPS) is 18.4. The standard InChI is InChI=1S/C21H29N7O6/c1-26-10-12-27(13-11-26)21(33)34-25-18(22)14-2-4-15(5-3-14)28-9-7-16(19(28)31)24-20(32)23-8-6-17(29)30/h2-5,16H,6-13H2,1H3,(H2,22,25)(H,29,30)(H2,23,24,32)/t16-/m0/s1. The van der Waals surface area contributed by atoms with Gasteiger partial charge in [0.05, 0.1) is 6.42 Å². The predicted molar refractivity (Wildman–Crippen MR) is 122 cm³/mol. The van der Waals surface area contributed by atoms with Gasteiger partial charge in [-0.25, -0.2) is 9.59 Å². The smallest absolute Gasteiger partial charge is 0.434 e. The van der Waals surface area contributed by atoms with Crippen molar-refractivity contribution < 1.29 is 29.1 Å². The third kappa shape index (κ3) is 6.57. The number of rotatable bonds is 6. The van der Waals surface area contributed by atoms with Crippen LogP contribution in [0.3, 0.4) is 0 Å². The summed E-state index contributed by atoms with van der Waals surface area (Å²) in [4.78, 5) is 57.4. The predicted octanol–water partition coefficient (Wildman–Crippen LogP) is -0.220. The second-order valence-corrected chi connectivity index (χ2v) is 8.06. The SMILES string of the molecule is CN1CCN(C(=O)ONC(=N)c2ccc(N3CC[C@H](NC(=O)NCCC(=O)O)C3=O)cc2)CC1. The number of piperazine rings is 1. The highest BCUT2D eigenvalue weighted by molar-refractivity contribution is 6.02. The van der Waals surface area contributed by atoms with Crippen LogP contribution in [0.1, 0.15) is 18.4 Å². The first kappa shape index (κ1) is 24.8. The van der Waals surface area contributed by atoms with Crippen molar-refractivity contribution in [1.82, 2.24) is 25.9 Å². The Kier molecular flexibility index (Phi) is 8.24. The van der Waals surface area contributed by atoms with E-state index in [1.165, 1.54) is 4.90 Å². The molecule has 1 aromatic rings. The topological polar surface area (TPSA) is 167 Å². The minimum absolute atomic E-state index is 0.0298. The lowest BCUT2D eigenvalue weighted by molar-refractivity contribution is -0.136. The number of likely N-dealkylation sites (N-methyl/N-ethyl adjacent to an activating group) is 1. The Hall–Kier alpha value is -3.87. The van der Waals surface area contributed by atoms with Crippen molar-refractivity contribution in [1.29, 1.82) is 5.41 Å². The number of amidine groups is 1. The summed E-state index contributed by atoms with van der Waals surface area (Å²) in [5, 5.41) is 21.7. The molecular formula is C21H29N7O6. The number of hydrogen-bond acceptors (Lipinski definition) is 7. The van der Waals surface area contributed by atoms with E-state index in [2.05, 4.69) is 21.0 Å². The zero-order valence-electron chi connectivity index (χ0n) is 18.9. The summed E-state index contributed by atoms with van der Waals surface area (Å²) in [6, 6.07) is 5.28. The number of carbonyl (C=O) groups excluding carboxylic acids is 3. The Labute approximate surface area is 196 Å². The van der Waals surface area contributed by atoms with Crippen LogP contribution in [0.4, 0.5) is 15.3 Å². The molecule has 0 unspecified atom stereocenters. The van der Waals surface area contributed by atoms with Crippen LogP contribution in [-0.4, -0.2) is 97.1 Å². The molecule has 0 radical (unpaired) electrons. The fraction of sp³-hybridized carbons (Fsp3) is 0.476. The Morgan fingerprint density at radius 1 is 1.12 bits per heavy atom. The highest BCUT2D eigenvalue weighted by atomic mass is 16.7. The summed E-state index contributed by atoms with van der Waals surface area (Å²) in [6.45, 7) is 3.00. The van der Waals surface area contributed by atoms with Crippen LogP contribution in [-0.2, 0) is 14.4 Å². The minimum atomic E-state index is -1.02. The van der Waals surface area contributed by atoms with E-state index in [0.717, 1.165) is 13.1 Å². The summed E-state index contributed by atoms with van der Waals surface area (Å²) in [5.41, 5.74) is 3.43. The summed E-state index contributed by atoms with van der Waals surface area (Å²) >= 11 is 0. The van der Waals surface area contributed by atoms with E-state index in [-0.39, 0.29) is 24.7 Å². The van der Waals surface area contributed by atoms with Crippen LogP contribution >= 0.6 is 0 Å². The summed E-state index contributed by atoms with van der Waals surface area (Å²) in [7, 11) is 1.98. The maximum absolute atomic E-state index is 12.7. The average molecular weight is 476 g/mol. The van der Waals surface area contributed by atoms with Crippen LogP contribution in [0.15, 0.2) is 24.3 Å². The quantitative estimate of drug-likeness (QED) is 0.214. The lowest BCUT2D eigenvalue weighted by Gasteiger charge is -2.31. The molecule has 2 saturated heterocycles. The molecular weight excluding hydrogens is 446 g/mol. The summed E-state index contributed by atoms with van der Waals surface area (Å²) in [5.74, 6) is -1.40. The molecule has 184 valence electrons. The van der Waals surface area contributed by atoms with Gasteiger partial charge in [-0.05, 0) is 37.7 Å². The number of carboxylic acid groups (broad SMARTS) is 1. The fourth-order valence-electron chi connectivity index (χ4n) is 3.58. The molecule has 0 aliphatic carbocycles. The third-order valence-corrected chi connectivity index (χ3v) is 5.60. The fourth-order valence-corrected chi connectivity index (χ4v) is 3.58. The van der Waals surface area contributed by atoms with Crippen LogP contribution < -0.4 is 21.0 Å². The first-order valence-corrected chi connectivity index (χ1v) is 10.9. The van der Waals surface area contributed by atoms with Gasteiger partial charge in [0.25, 0.3) is 0 Å². The maximum atomic E-state index is 12.7. The Balaban J connectivity index is 1.46. The highest BCUT2D eigenvalue weighted by Gasteiger charge is 2.33. The zero-order chi connectivity index (χ0) is 24.7. The minimum Gasteiger partial charge on any atom is -0.481 e. The van der Waals surface area contributed by atoms with Crippen molar-refractivity contribution in [3.63, 3.8) is 0 Å². The van der Waals surface area contributed by atoms with Gasteiger partial charge in [-0.15, -0.1) is 0 Å². The van der Waals surface area contributed by atoms with Crippen molar-refractivity contribution in [2.24, 2.45) is 0 Å². The molecule has 1 atom stereocenters. The molecule has 13 nitrogen and oxygen atoms in total. The Morgan fingerprint density at radius 3 is 2.44 bits per heavy atom. The second-order valence-electron chi connectivity index (χ2n) is 8.06. The van der Waals surface area contributed by atoms with Crippen molar-refractivity contribution in [2.45, 2.75) is 18.9 Å². The second kappa shape index (κ2) is 11.3. The van der Waals surface area contributed by atoms with E-state index in [9.17, 15) is 19.2 Å². The molecule has 13 heteroatoms. The van der Waals surface area contributed by atoms with Gasteiger partial charge in [0.15, 0.2) is 5.84 Å². The van der Waals surface area contributed by atoms with Gasteiger partial charge in [-0.1, -0.05) is 0 Å². The number of hydroxylamine groups is 1. The highest BCUT2D eigenvalue weighted by Crippen LogP contribution is 2.22. The molecule has 0 spiro atoms. The number of nitrogens with one attached hydrogen (secondary N) is 4. The van der Waals surface area contributed by atoms with Gasteiger partial charge in [0.1, 0.15) is 6.04 Å². The molecule has 3 rings (SSSR count). The van der Waals surface area contributed by atoms with E-state index >= 15 is 0 Å². The largest absolute Gasteiger partial charge is 0.481 e. The maximum Gasteiger partial charge on any atom is 0.434 e. The first-order chi connectivity index (χ1) is 16.2. The number of anilines is 1. The van der Waals surface area contributed by atoms with Gasteiger partial charge in [0, 0.05) is 50.5 Å². The van der Waals surface area contributed by atoms with Crippen LogP contribution in [0.2, 0.25) is 0 Å². The van der Waals surface area contributed by atoms with E-state index < -0.39 is 24.1 Å². The summed E-state index contributed by atoms with van der Waals surface area (Å²) in [6.07, 6.45) is -0.335. The van der Waals surface area contributed by atoms with Crippen molar-refractivity contribution >= 4 is 35.5 Å². The number of carboxylic acids is 1. The third-order valence-electron chi connectivity index (χ3n) is 5.60. The molecule has 2 aliphatic rings. The van der Waals surface area contributed by atoms with Crippen LogP contribution in [0.25, 0.3) is 0 Å². The van der Waals surface area contributed by atoms with Gasteiger partial charge in [0.2, 0.25) is 5.91 Å². The molecule has 0 bridgehead atoms. The molecule has 34 heavy (non-hydrogen) atoms. The molecule has 0 saturated carbocycles. The van der Waals surface area contributed by atoms with Crippen molar-refractivity contribution in [3.05, 3.63) is 29.8 Å². The van der Waals surface area contributed by atoms with Gasteiger partial charge in [-0.3, -0.25) is 15.0 Å². The van der Waals surface area contributed by atoms with Crippen LogP contribution in [0, 0.1) is 5.41 Å². The molecule has 4 amide bonds. The average Bonchev–Trinajstić information content (AvgIpc) is 3.17. The number of nitrogens with zero attached hydrogens (tertiary/aromatic N) is 3. The number of amides is 4. The molecule has 5 N–H and O–H groups in total. The van der Waals surface area contributed by atoms with Crippen molar-refractivity contribution in [2.75, 3.05) is 51.2 Å². The summed E-state index contributed by atoms with van der Waals surface area (Å²) < 4.78 is 0. The van der Waals surface area contributed by atoms with Gasteiger partial charge < -0.3 is 35.3 Å². The first-order valence-electron chi connectivity index (χ1n) is 10.9. The number of carbonyl (C=O) groups is 4. The van der Waals surface area contributed by atoms with E-state index in [4.69, 9.17) is 15.4 Å². The van der Waals surface area contributed by atoms with Gasteiger partial charge >= 0.3 is 18.1 Å². The number of hydrogen-bond donors (Lipinski definition) is 5. The molecule has 2 aliphatic heterocycles. The molecule has 0 aromatic heterocycles. The molecule has 1 aromatic carbocycles. The van der Waals surface area contributed by atoms with Crippen LogP contribution in [0.5, 0.6) is 0 Å². The van der Waals surface area contributed by atoms with Gasteiger partial charge in [-0.2, -0.15) is 5.48 Å². The Morgan fingerprint density at radius 2 is 1.79 bits per heavy atom. The lowest BCUT2D eigenvalue weighted by atomic mass is 10.2. The van der Waals surface area contributed by atoms with E-state index in [1.807, 2.05) is 7.05 Å². The van der Waals surface area contributed by atoms with Crippen molar-refractivity contribution in [3.8, 4) is 0 Å². The zero-order valence-corrected chi connectivity index (χ0v) is 18.9. The molecule has 2 fully saturated rings. The number of benzene rings is 1. The number of urea groups is 1. The number of aliphatic carboxylic acids is 1. The van der Waals surface area contributed by atoms with E-state index in [0.29, 0.717) is 37.3 Å². The Bertz CT molecular complexity index is 930. The molecule has 2 heterocycles. The lowest BCUT2D eigenvalue weighted by Crippen LogP contribution is -2.48. The monoisotopic (exact) mass is 475 g/mol.